The predicted molar refractivity (Wildman–Crippen MR) is 74.1 cm³/mol. The minimum Gasteiger partial charge on any atom is -0.493 e. The Morgan fingerprint density at radius 2 is 2.20 bits per heavy atom. The van der Waals surface area contributed by atoms with Crippen molar-refractivity contribution in [3.8, 4) is 5.75 Å². The van der Waals surface area contributed by atoms with Crippen LogP contribution in [0.2, 0.25) is 0 Å². The summed E-state index contributed by atoms with van der Waals surface area (Å²) in [5.41, 5.74) is 1.61. The number of halogens is 1. The third-order valence-corrected chi connectivity index (χ3v) is 3.10. The van der Waals surface area contributed by atoms with Crippen molar-refractivity contribution in [1.82, 2.24) is 20.1 Å². The van der Waals surface area contributed by atoms with E-state index in [2.05, 4.69) is 22.3 Å². The van der Waals surface area contributed by atoms with Crippen LogP contribution in [0.1, 0.15) is 30.6 Å². The Morgan fingerprint density at radius 3 is 2.85 bits per heavy atom. The molecule has 5 nitrogen and oxygen atoms in total. The van der Waals surface area contributed by atoms with Crippen molar-refractivity contribution in [1.29, 1.82) is 0 Å². The highest BCUT2D eigenvalue weighted by molar-refractivity contribution is 5.35. The smallest absolute Gasteiger partial charge is 0.161 e. The Morgan fingerprint density at radius 1 is 1.40 bits per heavy atom. The zero-order valence-corrected chi connectivity index (χ0v) is 11.9. The molecule has 0 aliphatic carbocycles. The van der Waals surface area contributed by atoms with Crippen LogP contribution in [0.25, 0.3) is 0 Å². The lowest BCUT2D eigenvalue weighted by molar-refractivity contribution is 0.400. The molecule has 20 heavy (non-hydrogen) atoms. The van der Waals surface area contributed by atoms with Gasteiger partial charge in [-0.3, -0.25) is 9.67 Å². The molecule has 0 saturated carbocycles. The maximum atomic E-state index is 13.4. The second kappa shape index (κ2) is 6.47. The first-order valence-corrected chi connectivity index (χ1v) is 6.57. The maximum Gasteiger partial charge on any atom is 0.161 e. The number of nitrogens with one attached hydrogen (secondary N) is 1. The standard InChI is InChI=1S/C14H19FN4O/c1-4-5-17-13(10-6-11(15)8-16-7-10)14-12(20-3)9-18-19(14)2/h6-9,13,17H,4-5H2,1-3H3. The van der Waals surface area contributed by atoms with Gasteiger partial charge < -0.3 is 10.1 Å². The average molecular weight is 278 g/mol. The quantitative estimate of drug-likeness (QED) is 0.878. The topological polar surface area (TPSA) is 52.0 Å². The Labute approximate surface area is 117 Å². The van der Waals surface area contributed by atoms with Crippen molar-refractivity contribution in [3.05, 3.63) is 41.7 Å². The number of hydrogen-bond acceptors (Lipinski definition) is 4. The van der Waals surface area contributed by atoms with Crippen molar-refractivity contribution in [3.63, 3.8) is 0 Å². The predicted octanol–water partition coefficient (Wildman–Crippen LogP) is 2.05. The lowest BCUT2D eigenvalue weighted by Gasteiger charge is -2.20. The number of pyridine rings is 1. The fourth-order valence-corrected chi connectivity index (χ4v) is 2.16. The highest BCUT2D eigenvalue weighted by Crippen LogP contribution is 2.29. The summed E-state index contributed by atoms with van der Waals surface area (Å²) < 4.78 is 20.5. The van der Waals surface area contributed by atoms with Gasteiger partial charge in [0.2, 0.25) is 0 Å². The molecule has 0 fully saturated rings. The second-order valence-electron chi connectivity index (χ2n) is 4.55. The van der Waals surface area contributed by atoms with E-state index in [-0.39, 0.29) is 11.9 Å². The number of nitrogens with zero attached hydrogens (tertiary/aromatic N) is 3. The number of ether oxygens (including phenoxy) is 1. The number of aromatic nitrogens is 3. The molecule has 0 aliphatic heterocycles. The molecule has 2 aromatic heterocycles. The van der Waals surface area contributed by atoms with Gasteiger partial charge in [-0.15, -0.1) is 0 Å². The molecule has 0 bridgehead atoms. The summed E-state index contributed by atoms with van der Waals surface area (Å²) in [7, 11) is 3.44. The monoisotopic (exact) mass is 278 g/mol. The third-order valence-electron chi connectivity index (χ3n) is 3.10. The van der Waals surface area contributed by atoms with Crippen molar-refractivity contribution in [2.75, 3.05) is 13.7 Å². The lowest BCUT2D eigenvalue weighted by Crippen LogP contribution is -2.26. The summed E-state index contributed by atoms with van der Waals surface area (Å²) in [5.74, 6) is 0.317. The fraction of sp³-hybridized carbons (Fsp3) is 0.429. The van der Waals surface area contributed by atoms with E-state index < -0.39 is 0 Å². The van der Waals surface area contributed by atoms with E-state index in [0.29, 0.717) is 5.75 Å². The molecule has 1 unspecified atom stereocenters. The first-order chi connectivity index (χ1) is 9.67. The van der Waals surface area contributed by atoms with Crippen LogP contribution < -0.4 is 10.1 Å². The maximum absolute atomic E-state index is 13.4. The molecule has 0 radical (unpaired) electrons. The molecule has 0 aromatic carbocycles. The van der Waals surface area contributed by atoms with Crippen LogP contribution in [-0.4, -0.2) is 28.4 Å². The van der Waals surface area contributed by atoms with Crippen molar-refractivity contribution in [2.24, 2.45) is 7.05 Å². The zero-order chi connectivity index (χ0) is 14.5. The Kier molecular flexibility index (Phi) is 4.68. The Balaban J connectivity index is 2.44. The van der Waals surface area contributed by atoms with Gasteiger partial charge in [0.15, 0.2) is 5.75 Å². The van der Waals surface area contributed by atoms with Gasteiger partial charge >= 0.3 is 0 Å². The molecular weight excluding hydrogens is 259 g/mol. The van der Waals surface area contributed by atoms with Crippen molar-refractivity contribution >= 4 is 0 Å². The highest BCUT2D eigenvalue weighted by atomic mass is 19.1. The summed E-state index contributed by atoms with van der Waals surface area (Å²) >= 11 is 0. The molecular formula is C14H19FN4O. The fourth-order valence-electron chi connectivity index (χ4n) is 2.16. The van der Waals surface area contributed by atoms with Gasteiger partial charge in [-0.05, 0) is 24.6 Å². The second-order valence-corrected chi connectivity index (χ2v) is 4.55. The molecule has 2 aromatic rings. The van der Waals surface area contributed by atoms with E-state index in [1.165, 1.54) is 12.3 Å². The van der Waals surface area contributed by atoms with Gasteiger partial charge in [-0.2, -0.15) is 5.10 Å². The molecule has 6 heteroatoms. The molecule has 0 saturated heterocycles. The van der Waals surface area contributed by atoms with E-state index in [4.69, 9.17) is 4.74 Å². The van der Waals surface area contributed by atoms with Crippen LogP contribution >= 0.6 is 0 Å². The first-order valence-electron chi connectivity index (χ1n) is 6.57. The van der Waals surface area contributed by atoms with E-state index in [0.717, 1.165) is 24.2 Å². The van der Waals surface area contributed by atoms with Gasteiger partial charge in [0, 0.05) is 13.2 Å². The molecule has 0 amide bonds. The molecule has 1 atom stereocenters. The van der Waals surface area contributed by atoms with Crippen molar-refractivity contribution in [2.45, 2.75) is 19.4 Å². The number of methoxy groups -OCH3 is 1. The van der Waals surface area contributed by atoms with Crippen LogP contribution in [0.5, 0.6) is 5.75 Å². The van der Waals surface area contributed by atoms with Gasteiger partial charge in [0.05, 0.1) is 25.5 Å². The minimum atomic E-state index is -0.355. The lowest BCUT2D eigenvalue weighted by atomic mass is 10.0. The van der Waals surface area contributed by atoms with Gasteiger partial charge in [-0.1, -0.05) is 6.92 Å². The molecule has 2 rings (SSSR count). The highest BCUT2D eigenvalue weighted by Gasteiger charge is 2.22. The largest absolute Gasteiger partial charge is 0.493 e. The molecule has 0 aliphatic rings. The van der Waals surface area contributed by atoms with Crippen LogP contribution in [0.15, 0.2) is 24.7 Å². The summed E-state index contributed by atoms with van der Waals surface area (Å²) in [4.78, 5) is 3.92. The Bertz CT molecular complexity index is 570. The molecule has 1 N–H and O–H groups in total. The van der Waals surface area contributed by atoms with Crippen LogP contribution in [0.3, 0.4) is 0 Å². The minimum absolute atomic E-state index is 0.208. The number of hydrogen-bond donors (Lipinski definition) is 1. The van der Waals surface area contributed by atoms with Gasteiger partial charge in [0.1, 0.15) is 11.5 Å². The van der Waals surface area contributed by atoms with Gasteiger partial charge in [-0.25, -0.2) is 4.39 Å². The van der Waals surface area contributed by atoms with E-state index in [1.807, 2.05) is 7.05 Å². The molecule has 0 spiro atoms. The number of rotatable bonds is 6. The van der Waals surface area contributed by atoms with Crippen molar-refractivity contribution < 1.29 is 9.13 Å². The molecule has 108 valence electrons. The Hall–Kier alpha value is -1.95. The van der Waals surface area contributed by atoms with Gasteiger partial charge in [0.25, 0.3) is 0 Å². The normalized spacial score (nSPS) is 12.4. The first kappa shape index (κ1) is 14.5. The van der Waals surface area contributed by atoms with E-state index in [1.54, 1.807) is 24.2 Å². The van der Waals surface area contributed by atoms with E-state index >= 15 is 0 Å². The molecule has 2 heterocycles. The summed E-state index contributed by atoms with van der Waals surface area (Å²) in [6, 6.07) is 1.27. The average Bonchev–Trinajstić information content (AvgIpc) is 2.81. The summed E-state index contributed by atoms with van der Waals surface area (Å²) in [6.45, 7) is 2.88. The number of aryl methyl sites for hydroxylation is 1. The van der Waals surface area contributed by atoms with Crippen LogP contribution in [0, 0.1) is 5.82 Å². The van der Waals surface area contributed by atoms with Crippen LogP contribution in [-0.2, 0) is 7.05 Å². The third kappa shape index (κ3) is 2.96. The summed E-state index contributed by atoms with van der Waals surface area (Å²) in [6.07, 6.45) is 5.48. The zero-order valence-electron chi connectivity index (χ0n) is 11.9. The SMILES string of the molecule is CCCNC(c1cncc(F)c1)c1c(OC)cnn1C. The van der Waals surface area contributed by atoms with Crippen LogP contribution in [0.4, 0.5) is 4.39 Å². The summed E-state index contributed by atoms with van der Waals surface area (Å²) in [5, 5.41) is 7.59. The van der Waals surface area contributed by atoms with E-state index in [9.17, 15) is 4.39 Å².